The summed E-state index contributed by atoms with van der Waals surface area (Å²) in [6, 6.07) is 0. The minimum atomic E-state index is -0.691. The third-order valence-electron chi connectivity index (χ3n) is 1.74. The Bertz CT molecular complexity index is 281. The second kappa shape index (κ2) is 3.27. The molecule has 0 spiro atoms. The first kappa shape index (κ1) is 9.26. The second-order valence-electron chi connectivity index (χ2n) is 2.61. The Morgan fingerprint density at radius 1 is 1.58 bits per heavy atom. The maximum absolute atomic E-state index is 11.0. The average molecular weight is 188 g/mol. The number of nitrogens with zero attached hydrogens (tertiary/aromatic N) is 1. The molecular formula is C8H10ClNO2+. The van der Waals surface area contributed by atoms with Crippen molar-refractivity contribution < 1.29 is 9.50 Å². The smallest absolute Gasteiger partial charge is 0.340 e. The Balaban J connectivity index is 3.11. The van der Waals surface area contributed by atoms with Crippen LogP contribution >= 0.6 is 11.6 Å². The maximum Gasteiger partial charge on any atom is 0.340 e. The van der Waals surface area contributed by atoms with E-state index < -0.39 is 5.50 Å². The quantitative estimate of drug-likeness (QED) is 0.357. The normalized spacial score (nSPS) is 24.2. The fourth-order valence-corrected chi connectivity index (χ4v) is 1.31. The molecule has 12 heavy (non-hydrogen) atoms. The number of nitroso groups, excluding NO2 is 1. The summed E-state index contributed by atoms with van der Waals surface area (Å²) in [6.45, 7) is 3.53. The van der Waals surface area contributed by atoms with E-state index in [-0.39, 0.29) is 0 Å². The van der Waals surface area contributed by atoms with Gasteiger partial charge in [-0.25, -0.2) is 0 Å². The van der Waals surface area contributed by atoms with Crippen LogP contribution in [-0.2, 0) is 4.74 Å². The van der Waals surface area contributed by atoms with Gasteiger partial charge in [-0.3, -0.25) is 0 Å². The molecule has 0 saturated heterocycles. The molecule has 1 unspecified atom stereocenters. The van der Waals surface area contributed by atoms with Crippen molar-refractivity contribution in [3.05, 3.63) is 28.0 Å². The SMILES string of the molecule is COC1=C(C)C(Cl)[N+](=O)[C]=C1C. The monoisotopic (exact) mass is 187 g/mol. The van der Waals surface area contributed by atoms with Gasteiger partial charge in [-0.2, -0.15) is 0 Å². The van der Waals surface area contributed by atoms with Gasteiger partial charge in [0.25, 0.3) is 0 Å². The lowest BCUT2D eigenvalue weighted by Crippen LogP contribution is -2.21. The summed E-state index contributed by atoms with van der Waals surface area (Å²) in [7, 11) is 1.55. The Labute approximate surface area is 76.2 Å². The van der Waals surface area contributed by atoms with Crippen molar-refractivity contribution in [3.63, 3.8) is 0 Å². The van der Waals surface area contributed by atoms with Crippen LogP contribution in [0.25, 0.3) is 0 Å². The molecule has 1 atom stereocenters. The lowest BCUT2D eigenvalue weighted by Gasteiger charge is -2.12. The molecule has 0 fully saturated rings. The van der Waals surface area contributed by atoms with Crippen LogP contribution in [-0.4, -0.2) is 17.4 Å². The van der Waals surface area contributed by atoms with Crippen LogP contribution in [0.3, 0.4) is 0 Å². The highest BCUT2D eigenvalue weighted by molar-refractivity contribution is 6.21. The molecule has 0 aromatic carbocycles. The van der Waals surface area contributed by atoms with Crippen LogP contribution in [0.4, 0.5) is 0 Å². The van der Waals surface area contributed by atoms with Crippen molar-refractivity contribution in [2.45, 2.75) is 19.3 Å². The van der Waals surface area contributed by atoms with Crippen LogP contribution < -0.4 is 0 Å². The molecule has 1 radical (unpaired) electrons. The molecule has 0 N–H and O–H groups in total. The maximum atomic E-state index is 11.0. The number of alkyl halides is 1. The molecule has 65 valence electrons. The van der Waals surface area contributed by atoms with Crippen LogP contribution in [0.5, 0.6) is 0 Å². The lowest BCUT2D eigenvalue weighted by molar-refractivity contribution is -0.506. The van der Waals surface area contributed by atoms with Crippen molar-refractivity contribution in [2.24, 2.45) is 0 Å². The highest BCUT2D eigenvalue weighted by Crippen LogP contribution is 2.25. The summed E-state index contributed by atoms with van der Waals surface area (Å²) in [6.07, 6.45) is 2.54. The van der Waals surface area contributed by atoms with Gasteiger partial charge in [0.05, 0.1) is 23.0 Å². The number of halogens is 1. The van der Waals surface area contributed by atoms with E-state index in [9.17, 15) is 4.91 Å². The zero-order chi connectivity index (χ0) is 9.30. The number of ether oxygens (including phenoxy) is 1. The van der Waals surface area contributed by atoms with E-state index in [1.807, 2.05) is 0 Å². The minimum Gasteiger partial charge on any atom is -0.496 e. The molecule has 1 aliphatic heterocycles. The van der Waals surface area contributed by atoms with E-state index in [0.29, 0.717) is 16.1 Å². The average Bonchev–Trinajstić information content (AvgIpc) is 2.01. The summed E-state index contributed by atoms with van der Waals surface area (Å²) in [5, 5.41) is 0. The zero-order valence-electron chi connectivity index (χ0n) is 7.22. The molecule has 0 aliphatic carbocycles. The second-order valence-corrected chi connectivity index (χ2v) is 3.03. The van der Waals surface area contributed by atoms with Gasteiger partial charge >= 0.3 is 11.7 Å². The van der Waals surface area contributed by atoms with E-state index in [0.717, 1.165) is 5.57 Å². The Morgan fingerprint density at radius 3 is 2.67 bits per heavy atom. The third kappa shape index (κ3) is 1.37. The van der Waals surface area contributed by atoms with Gasteiger partial charge in [0, 0.05) is 4.91 Å². The number of hydrogen-bond donors (Lipinski definition) is 0. The molecule has 1 rings (SSSR count). The van der Waals surface area contributed by atoms with Gasteiger partial charge in [0.15, 0.2) is 0 Å². The molecule has 0 aromatic heterocycles. The van der Waals surface area contributed by atoms with E-state index in [1.165, 1.54) is 0 Å². The largest absolute Gasteiger partial charge is 0.496 e. The molecule has 3 nitrogen and oxygen atoms in total. The molecule has 0 saturated carbocycles. The Hall–Kier alpha value is -0.830. The topological polar surface area (TPSA) is 29.3 Å². The van der Waals surface area contributed by atoms with Crippen molar-refractivity contribution in [1.29, 1.82) is 0 Å². The van der Waals surface area contributed by atoms with Gasteiger partial charge < -0.3 is 4.74 Å². The molecule has 1 aliphatic rings. The predicted molar refractivity (Wildman–Crippen MR) is 45.4 cm³/mol. The van der Waals surface area contributed by atoms with Crippen molar-refractivity contribution in [2.75, 3.05) is 7.11 Å². The third-order valence-corrected chi connectivity index (χ3v) is 2.25. The van der Waals surface area contributed by atoms with Gasteiger partial charge in [-0.05, 0) is 25.4 Å². The first-order valence-corrected chi connectivity index (χ1v) is 3.97. The number of rotatable bonds is 1. The molecule has 0 amide bonds. The van der Waals surface area contributed by atoms with E-state index in [4.69, 9.17) is 16.3 Å². The highest BCUT2D eigenvalue weighted by Gasteiger charge is 2.33. The Morgan fingerprint density at radius 2 is 2.17 bits per heavy atom. The number of hydrogen-bond acceptors (Lipinski definition) is 2. The van der Waals surface area contributed by atoms with Crippen LogP contribution in [0.15, 0.2) is 16.9 Å². The minimum absolute atomic E-state index is 0.592. The summed E-state index contributed by atoms with van der Waals surface area (Å²) in [4.78, 5) is 11.0. The lowest BCUT2D eigenvalue weighted by atomic mass is 10.1. The predicted octanol–water partition coefficient (Wildman–Crippen LogP) is 1.97. The van der Waals surface area contributed by atoms with Gasteiger partial charge in [-0.15, -0.1) is 0 Å². The van der Waals surface area contributed by atoms with Gasteiger partial charge in [0.1, 0.15) is 5.76 Å². The Kier molecular flexibility index (Phi) is 2.52. The molecular weight excluding hydrogens is 178 g/mol. The standard InChI is InChI=1S/C8H10ClNO2/c1-5-4-10(11)8(9)6(2)7(5)12-3/h8H,1-3H3/q+1. The van der Waals surface area contributed by atoms with Crippen molar-refractivity contribution in [1.82, 2.24) is 0 Å². The molecule has 0 aromatic rings. The summed E-state index contributed by atoms with van der Waals surface area (Å²) < 4.78 is 5.66. The highest BCUT2D eigenvalue weighted by atomic mass is 35.5. The first-order chi connectivity index (χ1) is 5.57. The van der Waals surface area contributed by atoms with E-state index in [2.05, 4.69) is 6.20 Å². The molecule has 0 bridgehead atoms. The summed E-state index contributed by atoms with van der Waals surface area (Å²) in [5.41, 5.74) is 0.718. The molecule has 1 heterocycles. The number of methoxy groups -OCH3 is 1. The molecule has 4 heteroatoms. The van der Waals surface area contributed by atoms with Crippen LogP contribution in [0.2, 0.25) is 0 Å². The van der Waals surface area contributed by atoms with Crippen LogP contribution in [0, 0.1) is 11.1 Å². The summed E-state index contributed by atoms with van der Waals surface area (Å²) in [5.74, 6) is 0.655. The van der Waals surface area contributed by atoms with Gasteiger partial charge in [-0.1, -0.05) is 0 Å². The van der Waals surface area contributed by atoms with E-state index in [1.54, 1.807) is 21.0 Å². The van der Waals surface area contributed by atoms with Gasteiger partial charge in [0.2, 0.25) is 0 Å². The summed E-state index contributed by atoms with van der Waals surface area (Å²) >= 11 is 5.76. The number of allylic oxidation sites excluding steroid dienone is 1. The fraction of sp³-hybridized carbons (Fsp3) is 0.500. The van der Waals surface area contributed by atoms with E-state index >= 15 is 0 Å². The van der Waals surface area contributed by atoms with Crippen LogP contribution in [0.1, 0.15) is 13.8 Å². The van der Waals surface area contributed by atoms with Crippen molar-refractivity contribution in [3.8, 4) is 0 Å². The van der Waals surface area contributed by atoms with Crippen molar-refractivity contribution >= 4 is 11.6 Å². The first-order valence-electron chi connectivity index (χ1n) is 3.53. The zero-order valence-corrected chi connectivity index (χ0v) is 7.97. The fourth-order valence-electron chi connectivity index (χ4n) is 1.17.